The van der Waals surface area contributed by atoms with E-state index in [2.05, 4.69) is 12.2 Å². The van der Waals surface area contributed by atoms with Crippen molar-refractivity contribution in [1.82, 2.24) is 5.32 Å². The lowest BCUT2D eigenvalue weighted by molar-refractivity contribution is 0.0982. The van der Waals surface area contributed by atoms with Crippen molar-refractivity contribution in [1.29, 1.82) is 0 Å². The van der Waals surface area contributed by atoms with Crippen molar-refractivity contribution in [2.45, 2.75) is 25.9 Å². The van der Waals surface area contributed by atoms with Crippen LogP contribution in [0.5, 0.6) is 5.75 Å². The largest absolute Gasteiger partial charge is 0.491 e. The van der Waals surface area contributed by atoms with Crippen molar-refractivity contribution in [3.8, 4) is 5.75 Å². The third-order valence-corrected chi connectivity index (χ3v) is 2.95. The molecule has 0 amide bonds. The number of aliphatic hydroxyl groups excluding tert-OH is 1. The molecule has 0 bridgehead atoms. The third kappa shape index (κ3) is 8.38. The van der Waals surface area contributed by atoms with E-state index in [4.69, 9.17) is 21.1 Å². The Hall–Kier alpha value is -0.810. The Morgan fingerprint density at radius 2 is 2.00 bits per heavy atom. The van der Waals surface area contributed by atoms with Crippen molar-refractivity contribution in [2.24, 2.45) is 0 Å². The van der Waals surface area contributed by atoms with Crippen LogP contribution in [-0.2, 0) is 4.74 Å². The SMILES string of the molecule is CCCCOCCNCC(O)COc1ccc(Cl)cc1. The van der Waals surface area contributed by atoms with Gasteiger partial charge in [0, 0.05) is 24.7 Å². The molecule has 0 aliphatic rings. The maximum absolute atomic E-state index is 9.75. The summed E-state index contributed by atoms with van der Waals surface area (Å²) in [5.74, 6) is 0.705. The Morgan fingerprint density at radius 3 is 2.70 bits per heavy atom. The monoisotopic (exact) mass is 301 g/mol. The number of hydrogen-bond donors (Lipinski definition) is 2. The Bertz CT molecular complexity index is 345. The first-order valence-corrected chi connectivity index (χ1v) is 7.45. The molecule has 0 heterocycles. The van der Waals surface area contributed by atoms with Gasteiger partial charge in [-0.1, -0.05) is 24.9 Å². The van der Waals surface area contributed by atoms with E-state index in [1.165, 1.54) is 0 Å². The first-order valence-electron chi connectivity index (χ1n) is 7.07. The maximum Gasteiger partial charge on any atom is 0.119 e. The van der Waals surface area contributed by atoms with Crippen LogP contribution in [-0.4, -0.2) is 44.1 Å². The van der Waals surface area contributed by atoms with Gasteiger partial charge in [-0.25, -0.2) is 0 Å². The fourth-order valence-electron chi connectivity index (χ4n) is 1.54. The van der Waals surface area contributed by atoms with Crippen LogP contribution in [0.4, 0.5) is 0 Å². The van der Waals surface area contributed by atoms with E-state index < -0.39 is 6.10 Å². The molecule has 20 heavy (non-hydrogen) atoms. The molecule has 0 aromatic heterocycles. The minimum atomic E-state index is -0.540. The Balaban J connectivity index is 2.00. The molecule has 1 aromatic carbocycles. The highest BCUT2D eigenvalue weighted by molar-refractivity contribution is 6.30. The van der Waals surface area contributed by atoms with Crippen LogP contribution in [0.1, 0.15) is 19.8 Å². The standard InChI is InChI=1S/C15H24ClNO3/c1-2-3-9-19-10-8-17-11-14(18)12-20-15-6-4-13(16)5-7-15/h4-7,14,17-18H,2-3,8-12H2,1H3. The normalized spacial score (nSPS) is 12.3. The third-order valence-electron chi connectivity index (χ3n) is 2.70. The number of benzene rings is 1. The molecule has 1 aromatic rings. The summed E-state index contributed by atoms with van der Waals surface area (Å²) in [6, 6.07) is 7.08. The molecule has 114 valence electrons. The maximum atomic E-state index is 9.75. The lowest BCUT2D eigenvalue weighted by Gasteiger charge is -2.13. The Kier molecular flexibility index (Phi) is 9.41. The molecule has 0 saturated heterocycles. The van der Waals surface area contributed by atoms with E-state index in [0.29, 0.717) is 23.9 Å². The van der Waals surface area contributed by atoms with Crippen molar-refractivity contribution in [3.63, 3.8) is 0 Å². The molecule has 1 unspecified atom stereocenters. The molecule has 1 atom stereocenters. The van der Waals surface area contributed by atoms with Gasteiger partial charge in [0.15, 0.2) is 0 Å². The van der Waals surface area contributed by atoms with Crippen LogP contribution >= 0.6 is 11.6 Å². The lowest BCUT2D eigenvalue weighted by atomic mass is 10.3. The quantitative estimate of drug-likeness (QED) is 0.617. The Labute approximate surface area is 126 Å². The molecule has 1 rings (SSSR count). The van der Waals surface area contributed by atoms with Crippen LogP contribution in [0.2, 0.25) is 5.02 Å². The number of aliphatic hydroxyl groups is 1. The highest BCUT2D eigenvalue weighted by atomic mass is 35.5. The van der Waals surface area contributed by atoms with E-state index in [1.54, 1.807) is 24.3 Å². The number of hydrogen-bond acceptors (Lipinski definition) is 4. The molecule has 0 aliphatic heterocycles. The van der Waals surface area contributed by atoms with Crippen LogP contribution in [0, 0.1) is 0 Å². The molecule has 5 heteroatoms. The summed E-state index contributed by atoms with van der Waals surface area (Å²) >= 11 is 5.78. The zero-order chi connectivity index (χ0) is 14.6. The number of rotatable bonds is 11. The predicted octanol–water partition coefficient (Wildman–Crippen LogP) is 2.49. The summed E-state index contributed by atoms with van der Waals surface area (Å²) in [4.78, 5) is 0. The van der Waals surface area contributed by atoms with Gasteiger partial charge < -0.3 is 19.9 Å². The fourth-order valence-corrected chi connectivity index (χ4v) is 1.67. The first kappa shape index (κ1) is 17.2. The van der Waals surface area contributed by atoms with E-state index in [0.717, 1.165) is 26.0 Å². The van der Waals surface area contributed by atoms with Crippen LogP contribution in [0.3, 0.4) is 0 Å². The molecule has 0 aliphatic carbocycles. The van der Waals surface area contributed by atoms with Gasteiger partial charge >= 0.3 is 0 Å². The molecule has 0 saturated carbocycles. The Morgan fingerprint density at radius 1 is 1.25 bits per heavy atom. The second kappa shape index (κ2) is 10.9. The number of ether oxygens (including phenoxy) is 2. The smallest absolute Gasteiger partial charge is 0.119 e. The first-order chi connectivity index (χ1) is 9.72. The fraction of sp³-hybridized carbons (Fsp3) is 0.600. The van der Waals surface area contributed by atoms with Gasteiger partial charge in [0.05, 0.1) is 6.61 Å². The zero-order valence-electron chi connectivity index (χ0n) is 12.0. The average molecular weight is 302 g/mol. The zero-order valence-corrected chi connectivity index (χ0v) is 12.7. The topological polar surface area (TPSA) is 50.7 Å². The predicted molar refractivity (Wildman–Crippen MR) is 81.6 cm³/mol. The highest BCUT2D eigenvalue weighted by Crippen LogP contribution is 2.15. The van der Waals surface area contributed by atoms with E-state index in [-0.39, 0.29) is 6.61 Å². The van der Waals surface area contributed by atoms with E-state index >= 15 is 0 Å². The second-order valence-electron chi connectivity index (χ2n) is 4.59. The number of nitrogens with one attached hydrogen (secondary N) is 1. The molecule has 4 nitrogen and oxygen atoms in total. The molecular weight excluding hydrogens is 278 g/mol. The van der Waals surface area contributed by atoms with E-state index in [9.17, 15) is 5.11 Å². The second-order valence-corrected chi connectivity index (χ2v) is 5.03. The van der Waals surface area contributed by atoms with Gasteiger partial charge in [-0.05, 0) is 30.7 Å². The van der Waals surface area contributed by atoms with Crippen LogP contribution in [0.25, 0.3) is 0 Å². The van der Waals surface area contributed by atoms with Crippen molar-refractivity contribution in [3.05, 3.63) is 29.3 Å². The summed E-state index contributed by atoms with van der Waals surface area (Å²) < 4.78 is 10.9. The lowest BCUT2D eigenvalue weighted by Crippen LogP contribution is -2.33. The van der Waals surface area contributed by atoms with Crippen LogP contribution in [0.15, 0.2) is 24.3 Å². The summed E-state index contributed by atoms with van der Waals surface area (Å²) in [6.07, 6.45) is 1.70. The molecule has 0 spiro atoms. The van der Waals surface area contributed by atoms with Gasteiger partial charge in [-0.15, -0.1) is 0 Å². The van der Waals surface area contributed by atoms with Gasteiger partial charge in [0.25, 0.3) is 0 Å². The molecule has 0 radical (unpaired) electrons. The number of halogens is 1. The van der Waals surface area contributed by atoms with Gasteiger partial charge in [-0.2, -0.15) is 0 Å². The number of unbranched alkanes of at least 4 members (excludes halogenated alkanes) is 1. The van der Waals surface area contributed by atoms with Crippen molar-refractivity contribution < 1.29 is 14.6 Å². The summed E-state index contributed by atoms with van der Waals surface area (Å²) in [5.41, 5.74) is 0. The van der Waals surface area contributed by atoms with Gasteiger partial charge in [-0.3, -0.25) is 0 Å². The van der Waals surface area contributed by atoms with E-state index in [1.807, 2.05) is 0 Å². The highest BCUT2D eigenvalue weighted by Gasteiger charge is 2.04. The minimum absolute atomic E-state index is 0.255. The summed E-state index contributed by atoms with van der Waals surface area (Å²) in [6.45, 7) is 5.10. The van der Waals surface area contributed by atoms with Gasteiger partial charge in [0.2, 0.25) is 0 Å². The average Bonchev–Trinajstić information content (AvgIpc) is 2.46. The van der Waals surface area contributed by atoms with Gasteiger partial charge in [0.1, 0.15) is 18.5 Å². The molecular formula is C15H24ClNO3. The van der Waals surface area contributed by atoms with Crippen LogP contribution < -0.4 is 10.1 Å². The molecule has 0 fully saturated rings. The minimum Gasteiger partial charge on any atom is -0.491 e. The van der Waals surface area contributed by atoms with Crippen molar-refractivity contribution in [2.75, 3.05) is 32.9 Å². The van der Waals surface area contributed by atoms with Crippen molar-refractivity contribution >= 4 is 11.6 Å². The summed E-state index contributed by atoms with van der Waals surface area (Å²) in [5, 5.41) is 13.6. The summed E-state index contributed by atoms with van der Waals surface area (Å²) in [7, 11) is 0. The molecule has 2 N–H and O–H groups in total.